The molecule has 2 N–H and O–H groups in total. The van der Waals surface area contributed by atoms with Crippen LogP contribution in [0, 0.1) is 0 Å². The number of H-pyrrole nitrogens is 1. The molecule has 4 rings (SSSR count). The Morgan fingerprint density at radius 2 is 2.05 bits per heavy atom. The number of hydrogen-bond acceptors (Lipinski definition) is 4. The quantitative estimate of drug-likeness (QED) is 0.663. The Morgan fingerprint density at radius 1 is 1.19 bits per heavy atom. The number of nitrogens with one attached hydrogen (secondary N) is 1. The van der Waals surface area contributed by atoms with Crippen molar-refractivity contribution >= 4 is 10.9 Å². The summed E-state index contributed by atoms with van der Waals surface area (Å²) in [4.78, 5) is 17.5. The van der Waals surface area contributed by atoms with Gasteiger partial charge in [0.1, 0.15) is 11.3 Å². The van der Waals surface area contributed by atoms with Crippen LogP contribution in [0.4, 0.5) is 0 Å². The summed E-state index contributed by atoms with van der Waals surface area (Å²) in [7, 11) is 0. The summed E-state index contributed by atoms with van der Waals surface area (Å²) in [5.41, 5.74) is 1.56. The van der Waals surface area contributed by atoms with E-state index in [1.165, 1.54) is 0 Å². The van der Waals surface area contributed by atoms with Crippen LogP contribution in [0.1, 0.15) is 5.56 Å². The lowest BCUT2D eigenvalue weighted by atomic mass is 10.2. The third-order valence-electron chi connectivity index (χ3n) is 3.23. The minimum atomic E-state index is -0.116. The van der Waals surface area contributed by atoms with Crippen molar-refractivity contribution in [1.82, 2.24) is 9.97 Å². The summed E-state index contributed by atoms with van der Waals surface area (Å²) in [6.45, 7) is 0.641. The van der Waals surface area contributed by atoms with Gasteiger partial charge in [-0.1, -0.05) is 18.2 Å². The molecule has 3 heterocycles. The van der Waals surface area contributed by atoms with Gasteiger partial charge in [-0.25, -0.2) is 0 Å². The smallest absolute Gasteiger partial charge is 0.290 e. The van der Waals surface area contributed by atoms with Crippen molar-refractivity contribution in [1.29, 1.82) is 0 Å². The van der Waals surface area contributed by atoms with Crippen LogP contribution >= 0.6 is 0 Å². The number of hydrogen-bond donors (Lipinski definition) is 2. The van der Waals surface area contributed by atoms with Crippen molar-refractivity contribution in [3.05, 3.63) is 64.7 Å². The van der Waals surface area contributed by atoms with E-state index in [0.717, 1.165) is 17.4 Å². The van der Waals surface area contributed by atoms with E-state index in [9.17, 15) is 9.90 Å². The summed E-state index contributed by atoms with van der Waals surface area (Å²) in [5, 5.41) is 10.3. The van der Waals surface area contributed by atoms with Crippen LogP contribution in [0.3, 0.4) is 0 Å². The van der Waals surface area contributed by atoms with E-state index >= 15 is 0 Å². The first-order valence-electron chi connectivity index (χ1n) is 6.62. The first kappa shape index (κ1) is 13.2. The van der Waals surface area contributed by atoms with Crippen molar-refractivity contribution < 1.29 is 9.84 Å². The zero-order valence-corrected chi connectivity index (χ0v) is 11.2. The van der Waals surface area contributed by atoms with Gasteiger partial charge in [-0.3, -0.25) is 9.78 Å². The molecule has 0 radical (unpaired) electrons. The summed E-state index contributed by atoms with van der Waals surface area (Å²) in [5.74, 6) is 0.741. The summed E-state index contributed by atoms with van der Waals surface area (Å²) < 4.78 is 5.09. The molecule has 3 aromatic rings. The minimum Gasteiger partial charge on any atom is -0.506 e. The minimum absolute atomic E-state index is 0.116. The number of aromatic hydroxyl groups is 1. The van der Waals surface area contributed by atoms with Crippen molar-refractivity contribution in [3.63, 3.8) is 0 Å². The fourth-order valence-electron chi connectivity index (χ4n) is 2.21. The number of fused-ring (bicyclic) bond motifs is 2. The second kappa shape index (κ2) is 5.66. The SMILES string of the molecule is O=c1[nH]ccc2c1OCC2.Oc1cccc2cccnc12. The van der Waals surface area contributed by atoms with E-state index in [4.69, 9.17) is 4.74 Å². The van der Waals surface area contributed by atoms with Crippen molar-refractivity contribution in [3.8, 4) is 11.5 Å². The Balaban J connectivity index is 0.000000126. The number of aromatic nitrogens is 2. The van der Waals surface area contributed by atoms with E-state index in [0.29, 0.717) is 17.9 Å². The second-order valence-corrected chi connectivity index (χ2v) is 4.61. The van der Waals surface area contributed by atoms with Gasteiger partial charge in [0.2, 0.25) is 0 Å². The topological polar surface area (TPSA) is 75.2 Å². The molecular weight excluding hydrogens is 268 g/mol. The highest BCUT2D eigenvalue weighted by molar-refractivity contribution is 5.83. The van der Waals surface area contributed by atoms with Crippen LogP contribution in [0.5, 0.6) is 11.5 Å². The molecule has 0 aliphatic carbocycles. The Bertz CT molecular complexity index is 822. The van der Waals surface area contributed by atoms with E-state index < -0.39 is 0 Å². The number of phenolic OH excluding ortho intramolecular Hbond substituents is 1. The molecule has 0 saturated carbocycles. The van der Waals surface area contributed by atoms with Gasteiger partial charge in [-0.2, -0.15) is 0 Å². The molecule has 106 valence electrons. The number of pyridine rings is 2. The number of para-hydroxylation sites is 1. The lowest BCUT2D eigenvalue weighted by Gasteiger charge is -1.96. The molecule has 0 spiro atoms. The van der Waals surface area contributed by atoms with E-state index in [2.05, 4.69) is 9.97 Å². The Hall–Kier alpha value is -2.82. The van der Waals surface area contributed by atoms with E-state index in [-0.39, 0.29) is 11.3 Å². The van der Waals surface area contributed by atoms with Crippen LogP contribution in [0.25, 0.3) is 10.9 Å². The predicted octanol–water partition coefficient (Wildman–Crippen LogP) is 2.25. The maximum atomic E-state index is 10.9. The molecule has 0 amide bonds. The fraction of sp³-hybridized carbons (Fsp3) is 0.125. The van der Waals surface area contributed by atoms with Crippen LogP contribution in [0.2, 0.25) is 0 Å². The molecule has 1 aliphatic heterocycles. The monoisotopic (exact) mass is 282 g/mol. The fourth-order valence-corrected chi connectivity index (χ4v) is 2.21. The molecular formula is C16H14N2O3. The molecule has 0 unspecified atom stereocenters. The molecule has 1 aliphatic rings. The number of benzene rings is 1. The second-order valence-electron chi connectivity index (χ2n) is 4.61. The molecule has 21 heavy (non-hydrogen) atoms. The van der Waals surface area contributed by atoms with Gasteiger partial charge in [-0.05, 0) is 18.2 Å². The first-order chi connectivity index (χ1) is 10.3. The Kier molecular flexibility index (Phi) is 3.55. The Morgan fingerprint density at radius 3 is 2.86 bits per heavy atom. The average Bonchev–Trinajstić information content (AvgIpc) is 2.99. The van der Waals surface area contributed by atoms with Crippen molar-refractivity contribution in [2.24, 2.45) is 0 Å². The third-order valence-corrected chi connectivity index (χ3v) is 3.23. The molecule has 5 nitrogen and oxygen atoms in total. The van der Waals surface area contributed by atoms with E-state index in [1.54, 1.807) is 24.5 Å². The Labute approximate surface area is 120 Å². The molecule has 0 fully saturated rings. The molecule has 0 saturated heterocycles. The first-order valence-corrected chi connectivity index (χ1v) is 6.62. The summed E-state index contributed by atoms with van der Waals surface area (Å²) in [6, 6.07) is 11.0. The summed E-state index contributed by atoms with van der Waals surface area (Å²) >= 11 is 0. The number of rotatable bonds is 0. The number of nitrogens with zero attached hydrogens (tertiary/aromatic N) is 1. The molecule has 1 aromatic carbocycles. The maximum absolute atomic E-state index is 10.9. The summed E-state index contributed by atoms with van der Waals surface area (Å²) in [6.07, 6.45) is 4.18. The van der Waals surface area contributed by atoms with Gasteiger partial charge in [-0.15, -0.1) is 0 Å². The number of aromatic amines is 1. The highest BCUT2D eigenvalue weighted by atomic mass is 16.5. The molecule has 0 bridgehead atoms. The van der Waals surface area contributed by atoms with Gasteiger partial charge < -0.3 is 14.8 Å². The van der Waals surface area contributed by atoms with Gasteiger partial charge in [0, 0.05) is 29.8 Å². The van der Waals surface area contributed by atoms with Gasteiger partial charge >= 0.3 is 0 Å². The molecule has 5 heteroatoms. The zero-order chi connectivity index (χ0) is 14.7. The lowest BCUT2D eigenvalue weighted by Crippen LogP contribution is -2.06. The maximum Gasteiger partial charge on any atom is 0.290 e. The van der Waals surface area contributed by atoms with Gasteiger partial charge in [0.25, 0.3) is 5.56 Å². The van der Waals surface area contributed by atoms with Crippen LogP contribution in [0.15, 0.2) is 53.6 Å². The normalized spacial score (nSPS) is 12.2. The molecule has 0 atom stereocenters. The largest absolute Gasteiger partial charge is 0.506 e. The lowest BCUT2D eigenvalue weighted by molar-refractivity contribution is 0.352. The number of ether oxygens (including phenoxy) is 1. The third kappa shape index (κ3) is 2.72. The van der Waals surface area contributed by atoms with Crippen molar-refractivity contribution in [2.45, 2.75) is 6.42 Å². The predicted molar refractivity (Wildman–Crippen MR) is 79.7 cm³/mol. The average molecular weight is 282 g/mol. The highest BCUT2D eigenvalue weighted by Gasteiger charge is 2.13. The molecule has 2 aromatic heterocycles. The van der Waals surface area contributed by atoms with Gasteiger partial charge in [0.15, 0.2) is 5.75 Å². The van der Waals surface area contributed by atoms with E-state index in [1.807, 2.05) is 24.3 Å². The number of phenols is 1. The van der Waals surface area contributed by atoms with Crippen LogP contribution in [-0.2, 0) is 6.42 Å². The standard InChI is InChI=1S/C9H7NO.C7H7NO2/c11-8-5-1-3-7-4-2-6-10-9(7)8;9-7-6-5(1-3-8-7)2-4-10-6/h1-6,11H;1,3H,2,4H2,(H,8,9). The van der Waals surface area contributed by atoms with Gasteiger partial charge in [0.05, 0.1) is 6.61 Å². The highest BCUT2D eigenvalue weighted by Crippen LogP contribution is 2.20. The van der Waals surface area contributed by atoms with Crippen molar-refractivity contribution in [2.75, 3.05) is 6.61 Å². The zero-order valence-electron chi connectivity index (χ0n) is 11.2. The van der Waals surface area contributed by atoms with Crippen LogP contribution in [-0.4, -0.2) is 21.7 Å². The van der Waals surface area contributed by atoms with Crippen LogP contribution < -0.4 is 10.3 Å².